The SMILES string of the molecule is CCN(c1ccc2ccccc2c1)S(=O)(=O)c1ccc(N2CCNCC2)c2ccccc12. The van der Waals surface area contributed by atoms with Crippen LogP contribution in [0, 0.1) is 0 Å². The molecule has 1 N–H and O–H groups in total. The first-order valence-corrected chi connectivity index (χ1v) is 12.5. The van der Waals surface area contributed by atoms with Crippen molar-refractivity contribution in [2.45, 2.75) is 11.8 Å². The predicted molar refractivity (Wildman–Crippen MR) is 133 cm³/mol. The first-order chi connectivity index (χ1) is 15.6. The molecule has 1 fully saturated rings. The minimum Gasteiger partial charge on any atom is -0.368 e. The largest absolute Gasteiger partial charge is 0.368 e. The van der Waals surface area contributed by atoms with E-state index in [-0.39, 0.29) is 0 Å². The fourth-order valence-electron chi connectivity index (χ4n) is 4.60. The van der Waals surface area contributed by atoms with E-state index in [4.69, 9.17) is 0 Å². The molecular weight excluding hydrogens is 418 g/mol. The molecule has 0 amide bonds. The van der Waals surface area contributed by atoms with Gasteiger partial charge in [0.05, 0.1) is 10.6 Å². The van der Waals surface area contributed by atoms with Gasteiger partial charge in [-0.3, -0.25) is 4.31 Å². The zero-order chi connectivity index (χ0) is 22.1. The number of nitrogens with zero attached hydrogens (tertiary/aromatic N) is 2. The molecule has 4 aromatic carbocycles. The fraction of sp³-hybridized carbons (Fsp3) is 0.231. The van der Waals surface area contributed by atoms with E-state index < -0.39 is 10.0 Å². The molecule has 0 unspecified atom stereocenters. The first kappa shape index (κ1) is 20.8. The Bertz CT molecular complexity index is 1380. The highest BCUT2D eigenvalue weighted by atomic mass is 32.2. The molecule has 32 heavy (non-hydrogen) atoms. The maximum absolute atomic E-state index is 13.9. The van der Waals surface area contributed by atoms with Crippen molar-refractivity contribution < 1.29 is 8.42 Å². The predicted octanol–water partition coefficient (Wildman–Crippen LogP) is 4.62. The minimum absolute atomic E-state index is 0.349. The molecule has 0 atom stereocenters. The summed E-state index contributed by atoms with van der Waals surface area (Å²) in [6.45, 7) is 5.92. The number of anilines is 2. The van der Waals surface area contributed by atoms with E-state index in [1.807, 2.05) is 79.7 Å². The highest BCUT2D eigenvalue weighted by Gasteiger charge is 2.27. The van der Waals surface area contributed by atoms with Gasteiger partial charge in [-0.15, -0.1) is 0 Å². The Labute approximate surface area is 189 Å². The number of sulfonamides is 1. The first-order valence-electron chi connectivity index (χ1n) is 11.1. The maximum atomic E-state index is 13.9. The number of benzene rings is 4. The highest BCUT2D eigenvalue weighted by Crippen LogP contribution is 2.35. The molecule has 6 heteroatoms. The van der Waals surface area contributed by atoms with Crippen LogP contribution in [0.5, 0.6) is 0 Å². The Kier molecular flexibility index (Phi) is 5.49. The van der Waals surface area contributed by atoms with Gasteiger partial charge in [0.25, 0.3) is 10.0 Å². The third-order valence-electron chi connectivity index (χ3n) is 6.20. The minimum atomic E-state index is -3.74. The van der Waals surface area contributed by atoms with Crippen molar-refractivity contribution in [2.24, 2.45) is 0 Å². The zero-order valence-electron chi connectivity index (χ0n) is 18.2. The lowest BCUT2D eigenvalue weighted by Gasteiger charge is -2.31. The van der Waals surface area contributed by atoms with Crippen molar-refractivity contribution in [3.05, 3.63) is 78.9 Å². The molecule has 4 aromatic rings. The summed E-state index contributed by atoms with van der Waals surface area (Å²) in [6.07, 6.45) is 0. The fourth-order valence-corrected chi connectivity index (χ4v) is 6.27. The summed E-state index contributed by atoms with van der Waals surface area (Å²) >= 11 is 0. The third-order valence-corrected chi connectivity index (χ3v) is 8.16. The van der Waals surface area contributed by atoms with Crippen LogP contribution in [-0.2, 0) is 10.0 Å². The highest BCUT2D eigenvalue weighted by molar-refractivity contribution is 7.93. The molecule has 0 bridgehead atoms. The molecule has 0 saturated carbocycles. The molecule has 164 valence electrons. The molecule has 0 aliphatic carbocycles. The number of piperazine rings is 1. The normalized spacial score (nSPS) is 14.7. The Morgan fingerprint density at radius 3 is 2.28 bits per heavy atom. The van der Waals surface area contributed by atoms with Crippen molar-refractivity contribution in [1.29, 1.82) is 0 Å². The zero-order valence-corrected chi connectivity index (χ0v) is 19.0. The Balaban J connectivity index is 1.62. The van der Waals surface area contributed by atoms with Gasteiger partial charge in [0.15, 0.2) is 0 Å². The molecular formula is C26H27N3O2S. The van der Waals surface area contributed by atoms with Gasteiger partial charge in [0, 0.05) is 49.2 Å². The van der Waals surface area contributed by atoms with Gasteiger partial charge >= 0.3 is 0 Å². The summed E-state index contributed by atoms with van der Waals surface area (Å²) < 4.78 is 29.3. The van der Waals surface area contributed by atoms with Crippen LogP contribution in [0.2, 0.25) is 0 Å². The van der Waals surface area contributed by atoms with Crippen molar-refractivity contribution in [2.75, 3.05) is 41.9 Å². The summed E-state index contributed by atoms with van der Waals surface area (Å²) in [5.74, 6) is 0. The quantitative estimate of drug-likeness (QED) is 0.487. The van der Waals surface area contributed by atoms with Crippen molar-refractivity contribution >= 4 is 42.9 Å². The number of hydrogen-bond donors (Lipinski definition) is 1. The Morgan fingerprint density at radius 1 is 0.844 bits per heavy atom. The van der Waals surface area contributed by atoms with Crippen molar-refractivity contribution in [3.8, 4) is 0 Å². The van der Waals surface area contributed by atoms with Crippen LogP contribution in [0.3, 0.4) is 0 Å². The monoisotopic (exact) mass is 445 g/mol. The standard InChI is InChI=1S/C26H27N3O2S/c1-2-29(22-12-11-20-7-3-4-8-21(20)19-22)32(30,31)26-14-13-25(28-17-15-27-16-18-28)23-9-5-6-10-24(23)26/h3-14,19,27H,2,15-18H2,1H3. The molecule has 1 aliphatic rings. The molecule has 5 nitrogen and oxygen atoms in total. The second-order valence-electron chi connectivity index (χ2n) is 8.07. The van der Waals surface area contributed by atoms with Gasteiger partial charge < -0.3 is 10.2 Å². The maximum Gasteiger partial charge on any atom is 0.264 e. The molecule has 1 heterocycles. The van der Waals surface area contributed by atoms with E-state index in [2.05, 4.69) is 10.2 Å². The van der Waals surface area contributed by atoms with E-state index in [0.717, 1.165) is 53.4 Å². The summed E-state index contributed by atoms with van der Waals surface area (Å²) in [7, 11) is -3.74. The van der Waals surface area contributed by atoms with E-state index >= 15 is 0 Å². The third kappa shape index (κ3) is 3.59. The summed E-state index contributed by atoms with van der Waals surface area (Å²) in [5.41, 5.74) is 1.77. The van der Waals surface area contributed by atoms with Crippen LogP contribution in [-0.4, -0.2) is 41.1 Å². The number of fused-ring (bicyclic) bond motifs is 2. The smallest absolute Gasteiger partial charge is 0.264 e. The Morgan fingerprint density at radius 2 is 1.53 bits per heavy atom. The van der Waals surface area contributed by atoms with Crippen LogP contribution in [0.1, 0.15) is 6.92 Å². The second kappa shape index (κ2) is 8.45. The van der Waals surface area contributed by atoms with Crippen LogP contribution < -0.4 is 14.5 Å². The van der Waals surface area contributed by atoms with E-state index in [0.29, 0.717) is 17.1 Å². The van der Waals surface area contributed by atoms with Gasteiger partial charge in [-0.2, -0.15) is 0 Å². The second-order valence-corrected chi connectivity index (χ2v) is 9.90. The van der Waals surface area contributed by atoms with Crippen LogP contribution in [0.25, 0.3) is 21.5 Å². The van der Waals surface area contributed by atoms with E-state index in [1.54, 1.807) is 6.07 Å². The molecule has 1 aliphatic heterocycles. The van der Waals surface area contributed by atoms with Gasteiger partial charge in [-0.25, -0.2) is 8.42 Å². The van der Waals surface area contributed by atoms with Crippen LogP contribution >= 0.6 is 0 Å². The summed E-state index contributed by atoms with van der Waals surface area (Å²) in [4.78, 5) is 2.68. The lowest BCUT2D eigenvalue weighted by molar-refractivity contribution is 0.589. The molecule has 0 radical (unpaired) electrons. The average molecular weight is 446 g/mol. The lowest BCUT2D eigenvalue weighted by Crippen LogP contribution is -2.43. The number of hydrogen-bond acceptors (Lipinski definition) is 4. The number of nitrogens with one attached hydrogen (secondary N) is 1. The van der Waals surface area contributed by atoms with Gasteiger partial charge in [-0.05, 0) is 42.0 Å². The van der Waals surface area contributed by atoms with Crippen molar-refractivity contribution in [3.63, 3.8) is 0 Å². The molecule has 0 spiro atoms. The topological polar surface area (TPSA) is 52.7 Å². The van der Waals surface area contributed by atoms with E-state index in [9.17, 15) is 8.42 Å². The van der Waals surface area contributed by atoms with Gasteiger partial charge in [-0.1, -0.05) is 54.6 Å². The molecule has 0 aromatic heterocycles. The molecule has 5 rings (SSSR count). The van der Waals surface area contributed by atoms with Crippen molar-refractivity contribution in [1.82, 2.24) is 5.32 Å². The Hall–Kier alpha value is -3.09. The summed E-state index contributed by atoms with van der Waals surface area (Å²) in [5, 5.41) is 7.24. The molecule has 1 saturated heterocycles. The average Bonchev–Trinajstić information content (AvgIpc) is 2.84. The lowest BCUT2D eigenvalue weighted by atomic mass is 10.1. The van der Waals surface area contributed by atoms with Crippen LogP contribution in [0.15, 0.2) is 83.8 Å². The number of rotatable bonds is 5. The van der Waals surface area contributed by atoms with E-state index in [1.165, 1.54) is 4.31 Å². The van der Waals surface area contributed by atoms with Crippen LogP contribution in [0.4, 0.5) is 11.4 Å². The van der Waals surface area contributed by atoms with Gasteiger partial charge in [0.2, 0.25) is 0 Å². The summed E-state index contributed by atoms with van der Waals surface area (Å²) in [6, 6.07) is 25.4. The van der Waals surface area contributed by atoms with Gasteiger partial charge in [0.1, 0.15) is 0 Å².